The van der Waals surface area contributed by atoms with Crippen molar-refractivity contribution in [3.8, 4) is 0 Å². The van der Waals surface area contributed by atoms with Crippen molar-refractivity contribution in [2.75, 3.05) is 19.6 Å². The van der Waals surface area contributed by atoms with E-state index in [0.29, 0.717) is 11.8 Å². The van der Waals surface area contributed by atoms with Gasteiger partial charge < -0.3 is 10.0 Å². The first-order chi connectivity index (χ1) is 12.6. The minimum atomic E-state index is -0.395. The van der Waals surface area contributed by atoms with Crippen molar-refractivity contribution >= 4 is 0 Å². The second-order valence-corrected chi connectivity index (χ2v) is 8.25. The summed E-state index contributed by atoms with van der Waals surface area (Å²) in [4.78, 5) is 7.17. The molecule has 1 aliphatic heterocycles. The van der Waals surface area contributed by atoms with Crippen molar-refractivity contribution in [2.45, 2.75) is 51.6 Å². The Morgan fingerprint density at radius 2 is 1.85 bits per heavy atom. The minimum Gasteiger partial charge on any atom is -0.387 e. The van der Waals surface area contributed by atoms with Crippen molar-refractivity contribution in [3.63, 3.8) is 0 Å². The summed E-state index contributed by atoms with van der Waals surface area (Å²) in [6.45, 7) is 7.68. The number of hydrogen-bond acceptors (Lipinski definition) is 3. The van der Waals surface area contributed by atoms with Gasteiger partial charge in [0.1, 0.15) is 0 Å². The maximum atomic E-state index is 10.5. The van der Waals surface area contributed by atoms with E-state index < -0.39 is 6.10 Å². The largest absolute Gasteiger partial charge is 0.387 e. The number of hydrogen-bond donors (Lipinski definition) is 1. The highest BCUT2D eigenvalue weighted by Crippen LogP contribution is 2.34. The lowest BCUT2D eigenvalue weighted by Gasteiger charge is -2.37. The molecule has 2 heterocycles. The number of fused-ring (bicyclic) bond motifs is 1. The minimum absolute atomic E-state index is 0.395. The number of rotatable bonds is 3. The van der Waals surface area contributed by atoms with E-state index in [1.807, 2.05) is 6.92 Å². The van der Waals surface area contributed by atoms with E-state index in [1.54, 1.807) is 0 Å². The third kappa shape index (κ3) is 3.70. The summed E-state index contributed by atoms with van der Waals surface area (Å²) < 4.78 is 0. The number of piperidine rings is 1. The van der Waals surface area contributed by atoms with Gasteiger partial charge in [-0.25, -0.2) is 0 Å². The van der Waals surface area contributed by atoms with Gasteiger partial charge in [-0.05, 0) is 87.2 Å². The molecule has 1 aromatic carbocycles. The van der Waals surface area contributed by atoms with E-state index in [9.17, 15) is 5.11 Å². The highest BCUT2D eigenvalue weighted by molar-refractivity contribution is 5.30. The fourth-order valence-corrected chi connectivity index (χ4v) is 4.86. The second-order valence-electron chi connectivity index (χ2n) is 8.25. The normalized spacial score (nSPS) is 24.4. The molecule has 26 heavy (non-hydrogen) atoms. The van der Waals surface area contributed by atoms with Crippen molar-refractivity contribution in [1.29, 1.82) is 0 Å². The molecular formula is C23H30N2O. The van der Waals surface area contributed by atoms with E-state index >= 15 is 0 Å². The number of aryl methyl sites for hydroxylation is 2. The number of benzene rings is 1. The number of likely N-dealkylation sites (tertiary alicyclic amines) is 1. The van der Waals surface area contributed by atoms with Crippen molar-refractivity contribution in [1.82, 2.24) is 9.88 Å². The Bertz CT molecular complexity index is 765. The molecule has 138 valence electrons. The zero-order chi connectivity index (χ0) is 18.1. The summed E-state index contributed by atoms with van der Waals surface area (Å²) in [5.74, 6) is 1.24. The van der Waals surface area contributed by atoms with Crippen LogP contribution >= 0.6 is 0 Å². The van der Waals surface area contributed by atoms with Crippen LogP contribution in [0, 0.1) is 19.8 Å². The fraction of sp³-hybridized carbons (Fsp3) is 0.522. The second kappa shape index (κ2) is 7.50. The Morgan fingerprint density at radius 1 is 1.08 bits per heavy atom. The lowest BCUT2D eigenvalue weighted by atomic mass is 9.83. The number of pyridine rings is 1. The topological polar surface area (TPSA) is 36.4 Å². The Morgan fingerprint density at radius 3 is 2.62 bits per heavy atom. The highest BCUT2D eigenvalue weighted by atomic mass is 16.3. The van der Waals surface area contributed by atoms with Gasteiger partial charge in [-0.1, -0.05) is 30.3 Å². The SMILES string of the molecule is Cc1ccc2c(n1)[C@@H](O)C[C@H](CN1CCC(c3ccccc3C)CC1)C2. The Hall–Kier alpha value is -1.71. The van der Waals surface area contributed by atoms with E-state index in [0.717, 1.165) is 30.8 Å². The molecule has 2 aromatic rings. The number of nitrogens with zero attached hydrogens (tertiary/aromatic N) is 2. The molecule has 1 fully saturated rings. The molecule has 0 amide bonds. The monoisotopic (exact) mass is 350 g/mol. The van der Waals surface area contributed by atoms with Crippen LogP contribution in [-0.4, -0.2) is 34.6 Å². The average Bonchev–Trinajstić information content (AvgIpc) is 2.64. The molecular weight excluding hydrogens is 320 g/mol. The molecule has 3 heteroatoms. The molecule has 1 aliphatic carbocycles. The Labute approximate surface area is 157 Å². The van der Waals surface area contributed by atoms with E-state index in [2.05, 4.69) is 53.2 Å². The summed E-state index contributed by atoms with van der Waals surface area (Å²) in [6, 6.07) is 13.1. The van der Waals surface area contributed by atoms with Gasteiger partial charge in [0.05, 0.1) is 11.8 Å². The standard InChI is InChI=1S/C23H30N2O/c1-16-5-3-4-6-21(16)19-9-11-25(12-10-19)15-18-13-20-8-7-17(2)24-23(20)22(26)14-18/h3-8,18-19,22,26H,9-15H2,1-2H3/t18-,22+/m1/s1. The third-order valence-corrected chi connectivity index (χ3v) is 6.26. The van der Waals surface area contributed by atoms with Gasteiger partial charge in [0.25, 0.3) is 0 Å². The molecule has 0 unspecified atom stereocenters. The summed E-state index contributed by atoms with van der Waals surface area (Å²) >= 11 is 0. The maximum Gasteiger partial charge on any atom is 0.0965 e. The molecule has 0 radical (unpaired) electrons. The first-order valence-electron chi connectivity index (χ1n) is 10.0. The molecule has 2 atom stereocenters. The van der Waals surface area contributed by atoms with Crippen LogP contribution in [0.3, 0.4) is 0 Å². The summed E-state index contributed by atoms with van der Waals surface area (Å²) in [5.41, 5.74) is 6.13. The molecule has 4 rings (SSSR count). The number of aromatic nitrogens is 1. The van der Waals surface area contributed by atoms with Crippen LogP contribution in [0.4, 0.5) is 0 Å². The van der Waals surface area contributed by atoms with Gasteiger partial charge >= 0.3 is 0 Å². The van der Waals surface area contributed by atoms with Crippen LogP contribution in [0.25, 0.3) is 0 Å². The molecule has 1 saturated heterocycles. The van der Waals surface area contributed by atoms with E-state index in [1.165, 1.54) is 42.6 Å². The number of aliphatic hydroxyl groups is 1. The molecule has 1 N–H and O–H groups in total. The van der Waals surface area contributed by atoms with Gasteiger partial charge in [-0.15, -0.1) is 0 Å². The molecule has 0 bridgehead atoms. The third-order valence-electron chi connectivity index (χ3n) is 6.26. The highest BCUT2D eigenvalue weighted by Gasteiger charge is 2.29. The molecule has 3 nitrogen and oxygen atoms in total. The van der Waals surface area contributed by atoms with Gasteiger partial charge in [-0.2, -0.15) is 0 Å². The lowest BCUT2D eigenvalue weighted by molar-refractivity contribution is 0.101. The average molecular weight is 351 g/mol. The van der Waals surface area contributed by atoms with E-state index in [4.69, 9.17) is 0 Å². The van der Waals surface area contributed by atoms with Gasteiger partial charge in [-0.3, -0.25) is 4.98 Å². The molecule has 0 saturated carbocycles. The molecule has 0 spiro atoms. The lowest BCUT2D eigenvalue weighted by Crippen LogP contribution is -2.38. The van der Waals surface area contributed by atoms with E-state index in [-0.39, 0.29) is 0 Å². The van der Waals surface area contributed by atoms with Crippen LogP contribution < -0.4 is 0 Å². The Kier molecular flexibility index (Phi) is 5.10. The fourth-order valence-electron chi connectivity index (χ4n) is 4.86. The van der Waals surface area contributed by atoms with Crippen molar-refractivity contribution in [2.24, 2.45) is 5.92 Å². The zero-order valence-electron chi connectivity index (χ0n) is 16.0. The summed E-state index contributed by atoms with van der Waals surface area (Å²) in [6.07, 6.45) is 4.00. The maximum absolute atomic E-state index is 10.5. The molecule has 2 aliphatic rings. The predicted molar refractivity (Wildman–Crippen MR) is 105 cm³/mol. The van der Waals surface area contributed by atoms with Crippen LogP contribution in [0.15, 0.2) is 36.4 Å². The van der Waals surface area contributed by atoms with Crippen molar-refractivity contribution in [3.05, 3.63) is 64.5 Å². The van der Waals surface area contributed by atoms with Gasteiger partial charge in [0, 0.05) is 12.2 Å². The van der Waals surface area contributed by atoms with Crippen LogP contribution in [-0.2, 0) is 6.42 Å². The van der Waals surface area contributed by atoms with Gasteiger partial charge in [0.2, 0.25) is 0 Å². The van der Waals surface area contributed by atoms with Gasteiger partial charge in [0.15, 0.2) is 0 Å². The van der Waals surface area contributed by atoms with Crippen molar-refractivity contribution < 1.29 is 5.11 Å². The van der Waals surface area contributed by atoms with Crippen LogP contribution in [0.2, 0.25) is 0 Å². The summed E-state index contributed by atoms with van der Waals surface area (Å²) in [5, 5.41) is 10.5. The number of aliphatic hydroxyl groups excluding tert-OH is 1. The first-order valence-corrected chi connectivity index (χ1v) is 10.0. The Balaban J connectivity index is 1.35. The quantitative estimate of drug-likeness (QED) is 0.902. The van der Waals surface area contributed by atoms with Crippen LogP contribution in [0.5, 0.6) is 0 Å². The predicted octanol–water partition coefficient (Wildman–Crippen LogP) is 4.17. The zero-order valence-corrected chi connectivity index (χ0v) is 16.0. The molecule has 1 aromatic heterocycles. The summed E-state index contributed by atoms with van der Waals surface area (Å²) in [7, 11) is 0. The smallest absolute Gasteiger partial charge is 0.0965 e. The van der Waals surface area contributed by atoms with Crippen LogP contribution in [0.1, 0.15) is 59.4 Å². The first kappa shape index (κ1) is 17.7.